The monoisotopic (exact) mass is 329 g/mol. The first-order chi connectivity index (χ1) is 9.76. The summed E-state index contributed by atoms with van der Waals surface area (Å²) in [6.07, 6.45) is -1.31. The molecule has 2 heterocycles. The van der Waals surface area contributed by atoms with Gasteiger partial charge in [0, 0.05) is 32.2 Å². The van der Waals surface area contributed by atoms with E-state index in [9.17, 15) is 21.6 Å². The summed E-state index contributed by atoms with van der Waals surface area (Å²) < 4.78 is 62.8. The molecule has 0 aromatic rings. The van der Waals surface area contributed by atoms with Gasteiger partial charge in [-0.25, -0.2) is 8.42 Å². The number of sulfonamides is 1. The Labute approximate surface area is 123 Å². The Kier molecular flexibility index (Phi) is 5.50. The molecule has 0 aromatic carbocycles. The zero-order valence-corrected chi connectivity index (χ0v) is 12.7. The summed E-state index contributed by atoms with van der Waals surface area (Å²) in [5.41, 5.74) is 0. The highest BCUT2D eigenvalue weighted by Gasteiger charge is 2.35. The van der Waals surface area contributed by atoms with Crippen LogP contribution in [0.4, 0.5) is 13.2 Å². The second-order valence-electron chi connectivity index (χ2n) is 5.72. The number of piperazine rings is 1. The summed E-state index contributed by atoms with van der Waals surface area (Å²) in [6, 6.07) is -0.0306. The lowest BCUT2D eigenvalue weighted by molar-refractivity contribution is -0.148. The van der Waals surface area contributed by atoms with Crippen LogP contribution in [-0.2, 0) is 10.0 Å². The molecular formula is C12H22F3N3O2S. The minimum Gasteiger partial charge on any atom is -0.313 e. The van der Waals surface area contributed by atoms with Gasteiger partial charge in [-0.05, 0) is 19.4 Å². The van der Waals surface area contributed by atoms with Crippen molar-refractivity contribution in [3.63, 3.8) is 0 Å². The van der Waals surface area contributed by atoms with E-state index < -0.39 is 22.7 Å². The minimum absolute atomic E-state index is 0.0306. The van der Waals surface area contributed by atoms with E-state index in [1.807, 2.05) is 0 Å². The number of hydrogen-bond acceptors (Lipinski definition) is 4. The van der Waals surface area contributed by atoms with Gasteiger partial charge in [0.05, 0.1) is 12.3 Å². The third-order valence-electron chi connectivity index (χ3n) is 3.95. The van der Waals surface area contributed by atoms with Gasteiger partial charge in [0.15, 0.2) is 0 Å². The standard InChI is InChI=1S/C12H22F3N3O2S/c13-12(14,15)10-17-5-7-18(8-6-17)21(19,20)9-11-3-1-2-4-16-11/h11,16H,1-10H2. The van der Waals surface area contributed by atoms with Crippen molar-refractivity contribution in [3.05, 3.63) is 0 Å². The van der Waals surface area contributed by atoms with Crippen molar-refractivity contribution >= 4 is 10.0 Å². The highest BCUT2D eigenvalue weighted by molar-refractivity contribution is 7.89. The average molecular weight is 329 g/mol. The van der Waals surface area contributed by atoms with E-state index in [2.05, 4.69) is 5.32 Å². The molecule has 2 fully saturated rings. The fourth-order valence-electron chi connectivity index (χ4n) is 2.85. The molecule has 9 heteroatoms. The van der Waals surface area contributed by atoms with Crippen LogP contribution >= 0.6 is 0 Å². The van der Waals surface area contributed by atoms with Gasteiger partial charge in [0.25, 0.3) is 0 Å². The van der Waals surface area contributed by atoms with E-state index in [0.29, 0.717) is 0 Å². The number of hydrogen-bond donors (Lipinski definition) is 1. The Morgan fingerprint density at radius 1 is 1.10 bits per heavy atom. The van der Waals surface area contributed by atoms with Crippen LogP contribution in [0.3, 0.4) is 0 Å². The highest BCUT2D eigenvalue weighted by atomic mass is 32.2. The van der Waals surface area contributed by atoms with E-state index >= 15 is 0 Å². The van der Waals surface area contributed by atoms with Gasteiger partial charge in [0.1, 0.15) is 0 Å². The summed E-state index contributed by atoms with van der Waals surface area (Å²) in [7, 11) is -3.39. The molecule has 0 radical (unpaired) electrons. The average Bonchev–Trinajstić information content (AvgIpc) is 2.38. The third-order valence-corrected chi connectivity index (χ3v) is 5.93. The van der Waals surface area contributed by atoms with E-state index in [4.69, 9.17) is 0 Å². The maximum Gasteiger partial charge on any atom is 0.401 e. The van der Waals surface area contributed by atoms with E-state index in [0.717, 1.165) is 25.8 Å². The predicted molar refractivity (Wildman–Crippen MR) is 73.5 cm³/mol. The van der Waals surface area contributed by atoms with Crippen molar-refractivity contribution in [3.8, 4) is 0 Å². The molecule has 0 spiro atoms. The molecular weight excluding hydrogens is 307 g/mol. The smallest absolute Gasteiger partial charge is 0.313 e. The van der Waals surface area contributed by atoms with Gasteiger partial charge in [-0.1, -0.05) is 6.42 Å². The number of halogens is 3. The summed E-state index contributed by atoms with van der Waals surface area (Å²) in [6.45, 7) is 0.425. The van der Waals surface area contributed by atoms with Gasteiger partial charge in [-0.3, -0.25) is 4.90 Å². The van der Waals surface area contributed by atoms with Crippen LogP contribution in [0.15, 0.2) is 0 Å². The summed E-state index contributed by atoms with van der Waals surface area (Å²) >= 11 is 0. The minimum atomic E-state index is -4.23. The van der Waals surface area contributed by atoms with Crippen LogP contribution < -0.4 is 5.32 Å². The molecule has 5 nitrogen and oxygen atoms in total. The van der Waals surface area contributed by atoms with Crippen LogP contribution in [0.1, 0.15) is 19.3 Å². The Hall–Kier alpha value is -0.380. The normalized spacial score (nSPS) is 26.9. The zero-order valence-electron chi connectivity index (χ0n) is 11.9. The lowest BCUT2D eigenvalue weighted by atomic mass is 10.1. The molecule has 21 heavy (non-hydrogen) atoms. The zero-order chi connectivity index (χ0) is 15.5. The van der Waals surface area contributed by atoms with E-state index in [-0.39, 0.29) is 38.0 Å². The maximum absolute atomic E-state index is 12.3. The van der Waals surface area contributed by atoms with Crippen LogP contribution in [0.5, 0.6) is 0 Å². The molecule has 2 saturated heterocycles. The summed E-state index contributed by atoms with van der Waals surface area (Å²) in [5, 5.41) is 3.19. The SMILES string of the molecule is O=S(=O)(CC1CCCCN1)N1CCN(CC(F)(F)F)CC1. The van der Waals surface area contributed by atoms with Crippen molar-refractivity contribution in [2.45, 2.75) is 31.5 Å². The highest BCUT2D eigenvalue weighted by Crippen LogP contribution is 2.19. The molecule has 2 aliphatic heterocycles. The molecule has 0 aromatic heterocycles. The number of nitrogens with one attached hydrogen (secondary N) is 1. The Balaban J connectivity index is 1.82. The van der Waals surface area contributed by atoms with Gasteiger partial charge < -0.3 is 5.32 Å². The second kappa shape index (κ2) is 6.80. The number of alkyl halides is 3. The first-order valence-electron chi connectivity index (χ1n) is 7.26. The molecule has 2 aliphatic rings. The molecule has 0 saturated carbocycles. The molecule has 124 valence electrons. The first kappa shape index (κ1) is 17.0. The fourth-order valence-corrected chi connectivity index (χ4v) is 4.57. The van der Waals surface area contributed by atoms with E-state index in [1.54, 1.807) is 0 Å². The van der Waals surface area contributed by atoms with Gasteiger partial charge in [0.2, 0.25) is 10.0 Å². The lowest BCUT2D eigenvalue weighted by Gasteiger charge is -2.35. The van der Waals surface area contributed by atoms with Crippen LogP contribution in [0.25, 0.3) is 0 Å². The van der Waals surface area contributed by atoms with Gasteiger partial charge in [-0.2, -0.15) is 17.5 Å². The Morgan fingerprint density at radius 2 is 1.76 bits per heavy atom. The van der Waals surface area contributed by atoms with Crippen molar-refractivity contribution in [2.24, 2.45) is 0 Å². The number of rotatable bonds is 4. The van der Waals surface area contributed by atoms with Crippen LogP contribution in [0, 0.1) is 0 Å². The van der Waals surface area contributed by atoms with Crippen LogP contribution in [0.2, 0.25) is 0 Å². The van der Waals surface area contributed by atoms with Crippen molar-refractivity contribution in [1.29, 1.82) is 0 Å². The molecule has 0 aliphatic carbocycles. The molecule has 2 rings (SSSR count). The molecule has 1 N–H and O–H groups in total. The quantitative estimate of drug-likeness (QED) is 0.822. The fraction of sp³-hybridized carbons (Fsp3) is 1.00. The Bertz CT molecular complexity index is 428. The second-order valence-corrected chi connectivity index (χ2v) is 7.73. The summed E-state index contributed by atoms with van der Waals surface area (Å²) in [5.74, 6) is 0.0479. The van der Waals surface area contributed by atoms with Crippen LogP contribution in [-0.4, -0.2) is 74.9 Å². The predicted octanol–water partition coefficient (Wildman–Crippen LogP) is 0.638. The largest absolute Gasteiger partial charge is 0.401 e. The first-order valence-corrected chi connectivity index (χ1v) is 8.87. The van der Waals surface area contributed by atoms with E-state index in [1.165, 1.54) is 9.21 Å². The third kappa shape index (κ3) is 5.39. The topological polar surface area (TPSA) is 52.7 Å². The molecule has 1 unspecified atom stereocenters. The van der Waals surface area contributed by atoms with Crippen molar-refractivity contribution < 1.29 is 21.6 Å². The molecule has 0 amide bonds. The maximum atomic E-state index is 12.3. The number of piperidine rings is 1. The Morgan fingerprint density at radius 3 is 2.29 bits per heavy atom. The van der Waals surface area contributed by atoms with Gasteiger partial charge in [-0.15, -0.1) is 0 Å². The summed E-state index contributed by atoms with van der Waals surface area (Å²) in [4.78, 5) is 1.25. The lowest BCUT2D eigenvalue weighted by Crippen LogP contribution is -2.53. The molecule has 1 atom stereocenters. The van der Waals surface area contributed by atoms with Crippen molar-refractivity contribution in [2.75, 3.05) is 45.0 Å². The number of nitrogens with zero attached hydrogens (tertiary/aromatic N) is 2. The molecule has 0 bridgehead atoms. The van der Waals surface area contributed by atoms with Gasteiger partial charge >= 0.3 is 6.18 Å². The van der Waals surface area contributed by atoms with Crippen molar-refractivity contribution in [1.82, 2.24) is 14.5 Å².